The number of allylic oxidation sites excluding steroid dienone is 1. The lowest BCUT2D eigenvalue weighted by Gasteiger charge is -2.08. The van der Waals surface area contributed by atoms with Crippen LogP contribution in [0.25, 0.3) is 0 Å². The van der Waals surface area contributed by atoms with Gasteiger partial charge < -0.3 is 15.9 Å². The molecule has 19 heavy (non-hydrogen) atoms. The lowest BCUT2D eigenvalue weighted by Crippen LogP contribution is -2.20. The van der Waals surface area contributed by atoms with E-state index in [4.69, 9.17) is 10.6 Å². The smallest absolute Gasteiger partial charge is 0.129 e. The van der Waals surface area contributed by atoms with Crippen LogP contribution in [0.3, 0.4) is 0 Å². The van der Waals surface area contributed by atoms with E-state index in [0.29, 0.717) is 5.76 Å². The number of aliphatic imine (C=N–C) groups is 1. The van der Waals surface area contributed by atoms with E-state index in [1.807, 2.05) is 33.2 Å². The second kappa shape index (κ2) is 11.2. The van der Waals surface area contributed by atoms with Gasteiger partial charge in [-0.05, 0) is 38.8 Å². The van der Waals surface area contributed by atoms with E-state index in [-0.39, 0.29) is 6.04 Å². The SMILES string of the molecule is C/C=N/O/C(C)=C/C(N)/C(C)=C/N/C=C/N=C\CC. The number of nitrogens with zero attached hydrogens (tertiary/aromatic N) is 2. The molecule has 0 aromatic heterocycles. The van der Waals surface area contributed by atoms with Gasteiger partial charge in [0.15, 0.2) is 0 Å². The van der Waals surface area contributed by atoms with Gasteiger partial charge in [0.05, 0.1) is 0 Å². The fourth-order valence-electron chi connectivity index (χ4n) is 1.08. The highest BCUT2D eigenvalue weighted by molar-refractivity contribution is 5.57. The van der Waals surface area contributed by atoms with Gasteiger partial charge in [0, 0.05) is 37.1 Å². The van der Waals surface area contributed by atoms with Gasteiger partial charge in [-0.1, -0.05) is 12.1 Å². The highest BCUT2D eigenvalue weighted by Crippen LogP contribution is 2.04. The average Bonchev–Trinajstić information content (AvgIpc) is 2.40. The summed E-state index contributed by atoms with van der Waals surface area (Å²) in [6, 6.07) is -0.216. The lowest BCUT2D eigenvalue weighted by atomic mass is 10.1. The van der Waals surface area contributed by atoms with Crippen LogP contribution in [-0.4, -0.2) is 18.5 Å². The number of hydrogen-bond acceptors (Lipinski definition) is 5. The predicted molar refractivity (Wildman–Crippen MR) is 81.8 cm³/mol. The van der Waals surface area contributed by atoms with E-state index in [1.165, 1.54) is 0 Å². The maximum atomic E-state index is 5.98. The van der Waals surface area contributed by atoms with Crippen molar-refractivity contribution in [3.8, 4) is 0 Å². The molecule has 0 fully saturated rings. The maximum Gasteiger partial charge on any atom is 0.129 e. The van der Waals surface area contributed by atoms with Crippen LogP contribution in [0, 0.1) is 0 Å². The molecule has 106 valence electrons. The zero-order valence-corrected chi connectivity index (χ0v) is 12.1. The van der Waals surface area contributed by atoms with Crippen LogP contribution in [0.2, 0.25) is 0 Å². The Morgan fingerprint density at radius 3 is 2.79 bits per heavy atom. The van der Waals surface area contributed by atoms with Crippen molar-refractivity contribution in [1.82, 2.24) is 5.32 Å². The molecule has 0 aromatic rings. The molecule has 1 unspecified atom stereocenters. The van der Waals surface area contributed by atoms with Crippen molar-refractivity contribution in [1.29, 1.82) is 0 Å². The van der Waals surface area contributed by atoms with Crippen molar-refractivity contribution in [3.05, 3.63) is 36.0 Å². The van der Waals surface area contributed by atoms with Crippen LogP contribution >= 0.6 is 0 Å². The third kappa shape index (κ3) is 9.79. The van der Waals surface area contributed by atoms with E-state index in [1.54, 1.807) is 31.6 Å². The lowest BCUT2D eigenvalue weighted by molar-refractivity contribution is 0.229. The summed E-state index contributed by atoms with van der Waals surface area (Å²) in [6.07, 6.45) is 11.4. The van der Waals surface area contributed by atoms with Gasteiger partial charge in [0.25, 0.3) is 0 Å². The molecule has 0 heterocycles. The Kier molecular flexibility index (Phi) is 10.1. The first kappa shape index (κ1) is 17.1. The average molecular weight is 264 g/mol. The number of oxime groups is 1. The largest absolute Gasteiger partial charge is 0.366 e. The van der Waals surface area contributed by atoms with Gasteiger partial charge in [0.2, 0.25) is 0 Å². The van der Waals surface area contributed by atoms with Crippen LogP contribution < -0.4 is 11.1 Å². The number of nitrogens with two attached hydrogens (primary N) is 1. The first-order chi connectivity index (χ1) is 9.11. The van der Waals surface area contributed by atoms with Crippen LogP contribution in [-0.2, 0) is 4.84 Å². The molecule has 0 rings (SSSR count). The fourth-order valence-corrected chi connectivity index (χ4v) is 1.08. The number of nitrogens with one attached hydrogen (secondary N) is 1. The first-order valence-corrected chi connectivity index (χ1v) is 6.30. The Bertz CT molecular complexity index is 381. The topological polar surface area (TPSA) is 72.0 Å². The van der Waals surface area contributed by atoms with Crippen molar-refractivity contribution in [3.63, 3.8) is 0 Å². The first-order valence-electron chi connectivity index (χ1n) is 6.30. The van der Waals surface area contributed by atoms with Crippen LogP contribution in [0.15, 0.2) is 46.2 Å². The summed E-state index contributed by atoms with van der Waals surface area (Å²) in [4.78, 5) is 9.09. The third-order valence-electron chi connectivity index (χ3n) is 2.10. The Morgan fingerprint density at radius 2 is 2.16 bits per heavy atom. The van der Waals surface area contributed by atoms with Gasteiger partial charge in [-0.2, -0.15) is 0 Å². The molecule has 5 heteroatoms. The van der Waals surface area contributed by atoms with Crippen molar-refractivity contribution < 1.29 is 4.84 Å². The molecule has 0 amide bonds. The zero-order chi connectivity index (χ0) is 14.5. The summed E-state index contributed by atoms with van der Waals surface area (Å²) in [7, 11) is 0. The van der Waals surface area contributed by atoms with E-state index in [9.17, 15) is 0 Å². The Hall–Kier alpha value is -1.88. The van der Waals surface area contributed by atoms with Crippen molar-refractivity contribution in [2.45, 2.75) is 40.2 Å². The van der Waals surface area contributed by atoms with Gasteiger partial charge in [0.1, 0.15) is 5.76 Å². The quantitative estimate of drug-likeness (QED) is 0.402. The summed E-state index contributed by atoms with van der Waals surface area (Å²) in [5, 5.41) is 6.68. The summed E-state index contributed by atoms with van der Waals surface area (Å²) in [5.41, 5.74) is 6.96. The second-order valence-electron chi connectivity index (χ2n) is 3.87. The highest BCUT2D eigenvalue weighted by Gasteiger charge is 2.01. The van der Waals surface area contributed by atoms with Crippen LogP contribution in [0.5, 0.6) is 0 Å². The normalized spacial score (nSPS) is 15.6. The second-order valence-corrected chi connectivity index (χ2v) is 3.87. The zero-order valence-electron chi connectivity index (χ0n) is 12.1. The van der Waals surface area contributed by atoms with E-state index >= 15 is 0 Å². The molecule has 5 nitrogen and oxygen atoms in total. The Morgan fingerprint density at radius 1 is 1.42 bits per heavy atom. The summed E-state index contributed by atoms with van der Waals surface area (Å²) in [6.45, 7) is 7.57. The van der Waals surface area contributed by atoms with Crippen molar-refractivity contribution >= 4 is 12.4 Å². The van der Waals surface area contributed by atoms with Gasteiger partial charge in [-0.15, -0.1) is 0 Å². The standard InChI is InChI=1S/C14H24N4O/c1-5-7-16-8-9-17-11-12(3)14(15)10-13(4)19-18-6-2/h6-11,14,17H,5,15H2,1-4H3/b9-8+,12-11+,13-10+,16-7-,18-6+. The molecule has 0 aliphatic heterocycles. The Balaban J connectivity index is 4.27. The van der Waals surface area contributed by atoms with E-state index < -0.39 is 0 Å². The molecule has 3 N–H and O–H groups in total. The molecule has 0 aliphatic rings. The van der Waals surface area contributed by atoms with E-state index in [0.717, 1.165) is 12.0 Å². The van der Waals surface area contributed by atoms with Gasteiger partial charge >= 0.3 is 0 Å². The molecule has 1 atom stereocenters. The molecule has 0 spiro atoms. The van der Waals surface area contributed by atoms with Gasteiger partial charge in [-0.25, -0.2) is 0 Å². The number of rotatable bonds is 8. The molecule has 0 aromatic carbocycles. The molecule has 0 saturated carbocycles. The fraction of sp³-hybridized carbons (Fsp3) is 0.429. The molecular weight excluding hydrogens is 240 g/mol. The summed E-state index contributed by atoms with van der Waals surface area (Å²) in [5.74, 6) is 0.668. The summed E-state index contributed by atoms with van der Waals surface area (Å²) < 4.78 is 0. The van der Waals surface area contributed by atoms with Gasteiger partial charge in [-0.3, -0.25) is 4.99 Å². The minimum Gasteiger partial charge on any atom is -0.366 e. The molecule has 0 aliphatic carbocycles. The highest BCUT2D eigenvalue weighted by atomic mass is 16.6. The van der Waals surface area contributed by atoms with Crippen molar-refractivity contribution in [2.24, 2.45) is 15.9 Å². The van der Waals surface area contributed by atoms with Crippen LogP contribution in [0.4, 0.5) is 0 Å². The monoisotopic (exact) mass is 264 g/mol. The molecule has 0 saturated heterocycles. The summed E-state index contributed by atoms with van der Waals surface area (Å²) >= 11 is 0. The molecule has 0 bridgehead atoms. The van der Waals surface area contributed by atoms with Crippen LogP contribution in [0.1, 0.15) is 34.1 Å². The molecule has 0 radical (unpaired) electrons. The maximum absolute atomic E-state index is 5.98. The van der Waals surface area contributed by atoms with E-state index in [2.05, 4.69) is 15.5 Å². The molecular formula is C14H24N4O. The van der Waals surface area contributed by atoms with Crippen molar-refractivity contribution in [2.75, 3.05) is 0 Å². The minimum atomic E-state index is -0.216. The minimum absolute atomic E-state index is 0.216. The number of hydrogen-bond donors (Lipinski definition) is 2. The predicted octanol–water partition coefficient (Wildman–Crippen LogP) is 2.69. The third-order valence-corrected chi connectivity index (χ3v) is 2.10. The Labute approximate surface area is 115 Å².